The normalized spacial score (nSPS) is 10.5. The van der Waals surface area contributed by atoms with Crippen molar-refractivity contribution in [2.45, 2.75) is 32.7 Å². The number of aryl methyl sites for hydroxylation is 1. The Morgan fingerprint density at radius 2 is 1.96 bits per heavy atom. The SMILES string of the molecule is CCCCc1ccc(C(=O)N(C)Cc2nc(C(=O)NC)cs2)cc1. The summed E-state index contributed by atoms with van der Waals surface area (Å²) in [5.74, 6) is -0.261. The minimum Gasteiger partial charge on any atom is -0.354 e. The summed E-state index contributed by atoms with van der Waals surface area (Å²) in [7, 11) is 3.31. The minimum absolute atomic E-state index is 0.0475. The van der Waals surface area contributed by atoms with Crippen molar-refractivity contribution in [2.24, 2.45) is 0 Å². The molecule has 2 amide bonds. The Balaban J connectivity index is 1.98. The molecule has 0 unspecified atom stereocenters. The molecular weight excluding hydrogens is 322 g/mol. The van der Waals surface area contributed by atoms with Gasteiger partial charge in [-0.15, -0.1) is 11.3 Å². The van der Waals surface area contributed by atoms with E-state index in [-0.39, 0.29) is 11.8 Å². The fraction of sp³-hybridized carbons (Fsp3) is 0.389. The third kappa shape index (κ3) is 4.64. The number of carbonyl (C=O) groups excluding carboxylic acids is 2. The third-order valence-corrected chi connectivity index (χ3v) is 4.58. The molecule has 2 rings (SSSR count). The summed E-state index contributed by atoms with van der Waals surface area (Å²) < 4.78 is 0. The van der Waals surface area contributed by atoms with Crippen LogP contribution in [0.1, 0.15) is 51.2 Å². The number of aromatic nitrogens is 1. The van der Waals surface area contributed by atoms with Crippen molar-refractivity contribution in [2.75, 3.05) is 14.1 Å². The van der Waals surface area contributed by atoms with Crippen molar-refractivity contribution >= 4 is 23.2 Å². The first-order valence-electron chi connectivity index (χ1n) is 8.06. The molecule has 0 atom stereocenters. The van der Waals surface area contributed by atoms with Gasteiger partial charge in [0.05, 0.1) is 6.54 Å². The van der Waals surface area contributed by atoms with Gasteiger partial charge < -0.3 is 10.2 Å². The number of amides is 2. The number of hydrogen-bond acceptors (Lipinski definition) is 4. The van der Waals surface area contributed by atoms with Gasteiger partial charge in [-0.1, -0.05) is 25.5 Å². The van der Waals surface area contributed by atoms with Crippen LogP contribution >= 0.6 is 11.3 Å². The van der Waals surface area contributed by atoms with E-state index in [9.17, 15) is 9.59 Å². The van der Waals surface area contributed by atoms with Gasteiger partial charge in [0.2, 0.25) is 0 Å². The molecule has 1 heterocycles. The average molecular weight is 345 g/mol. The summed E-state index contributed by atoms with van der Waals surface area (Å²) in [6.07, 6.45) is 3.36. The topological polar surface area (TPSA) is 62.3 Å². The summed E-state index contributed by atoms with van der Waals surface area (Å²) in [6, 6.07) is 7.79. The van der Waals surface area contributed by atoms with Gasteiger partial charge in [-0.05, 0) is 30.5 Å². The van der Waals surface area contributed by atoms with Crippen LogP contribution in [0.2, 0.25) is 0 Å². The zero-order valence-electron chi connectivity index (χ0n) is 14.3. The van der Waals surface area contributed by atoms with Crippen LogP contribution in [-0.2, 0) is 13.0 Å². The molecular formula is C18H23N3O2S. The number of benzene rings is 1. The van der Waals surface area contributed by atoms with E-state index in [1.807, 2.05) is 24.3 Å². The highest BCUT2D eigenvalue weighted by atomic mass is 32.1. The molecule has 5 nitrogen and oxygen atoms in total. The highest BCUT2D eigenvalue weighted by Gasteiger charge is 2.15. The molecule has 0 aliphatic carbocycles. The summed E-state index contributed by atoms with van der Waals surface area (Å²) in [6.45, 7) is 2.55. The van der Waals surface area contributed by atoms with Gasteiger partial charge in [-0.25, -0.2) is 4.98 Å². The summed E-state index contributed by atoms with van der Waals surface area (Å²) in [5, 5.41) is 4.98. The molecule has 6 heteroatoms. The number of carbonyl (C=O) groups is 2. The van der Waals surface area contributed by atoms with E-state index in [0.29, 0.717) is 17.8 Å². The predicted molar refractivity (Wildman–Crippen MR) is 96.4 cm³/mol. The van der Waals surface area contributed by atoms with Crippen LogP contribution < -0.4 is 5.32 Å². The predicted octanol–water partition coefficient (Wildman–Crippen LogP) is 3.12. The molecule has 2 aromatic rings. The second-order valence-corrected chi connectivity index (χ2v) is 6.61. The molecule has 0 fully saturated rings. The number of rotatable bonds is 7. The Bertz CT molecular complexity index is 695. The summed E-state index contributed by atoms with van der Waals surface area (Å²) >= 11 is 1.38. The van der Waals surface area contributed by atoms with Crippen LogP contribution in [0.25, 0.3) is 0 Å². The van der Waals surface area contributed by atoms with Crippen molar-refractivity contribution in [3.63, 3.8) is 0 Å². The van der Waals surface area contributed by atoms with E-state index in [1.165, 1.54) is 16.9 Å². The molecule has 0 saturated carbocycles. The van der Waals surface area contributed by atoms with Gasteiger partial charge in [0.15, 0.2) is 0 Å². The quantitative estimate of drug-likeness (QED) is 0.839. The number of nitrogens with zero attached hydrogens (tertiary/aromatic N) is 2. The zero-order valence-corrected chi connectivity index (χ0v) is 15.2. The Morgan fingerprint density at radius 3 is 2.58 bits per heavy atom. The largest absolute Gasteiger partial charge is 0.354 e. The Morgan fingerprint density at radius 1 is 1.25 bits per heavy atom. The number of nitrogens with one attached hydrogen (secondary N) is 1. The third-order valence-electron chi connectivity index (χ3n) is 3.75. The van der Waals surface area contributed by atoms with Gasteiger partial charge in [0, 0.05) is 25.0 Å². The van der Waals surface area contributed by atoms with Crippen LogP contribution in [0, 0.1) is 0 Å². The molecule has 24 heavy (non-hydrogen) atoms. The first kappa shape index (κ1) is 18.1. The van der Waals surface area contributed by atoms with Crippen molar-refractivity contribution in [3.05, 3.63) is 51.5 Å². The molecule has 0 aliphatic rings. The van der Waals surface area contributed by atoms with Crippen molar-refractivity contribution in [1.29, 1.82) is 0 Å². The highest BCUT2D eigenvalue weighted by Crippen LogP contribution is 2.14. The fourth-order valence-corrected chi connectivity index (χ4v) is 3.13. The van der Waals surface area contributed by atoms with Gasteiger partial charge in [0.25, 0.3) is 11.8 Å². The molecule has 0 aliphatic heterocycles. The van der Waals surface area contributed by atoms with Crippen molar-refractivity contribution < 1.29 is 9.59 Å². The summed E-state index contributed by atoms with van der Waals surface area (Å²) in [5.41, 5.74) is 2.31. The lowest BCUT2D eigenvalue weighted by molar-refractivity contribution is 0.0785. The Kier molecular flexibility index (Phi) is 6.49. The summed E-state index contributed by atoms with van der Waals surface area (Å²) in [4.78, 5) is 29.9. The second kappa shape index (κ2) is 8.59. The van der Waals surface area contributed by atoms with Crippen LogP contribution in [0.15, 0.2) is 29.6 Å². The molecule has 0 saturated heterocycles. The fourth-order valence-electron chi connectivity index (χ4n) is 2.31. The lowest BCUT2D eigenvalue weighted by Crippen LogP contribution is -2.26. The second-order valence-electron chi connectivity index (χ2n) is 5.67. The number of hydrogen-bond donors (Lipinski definition) is 1. The van der Waals surface area contributed by atoms with Crippen LogP contribution in [-0.4, -0.2) is 35.8 Å². The lowest BCUT2D eigenvalue weighted by Gasteiger charge is -2.16. The van der Waals surface area contributed by atoms with Crippen LogP contribution in [0.5, 0.6) is 0 Å². The van der Waals surface area contributed by atoms with E-state index in [2.05, 4.69) is 17.2 Å². The van der Waals surface area contributed by atoms with E-state index >= 15 is 0 Å². The van der Waals surface area contributed by atoms with Gasteiger partial charge >= 0.3 is 0 Å². The zero-order chi connectivity index (χ0) is 17.5. The molecule has 1 N–H and O–H groups in total. The molecule has 0 radical (unpaired) electrons. The van der Waals surface area contributed by atoms with Crippen LogP contribution in [0.4, 0.5) is 0 Å². The molecule has 0 spiro atoms. The highest BCUT2D eigenvalue weighted by molar-refractivity contribution is 7.09. The number of thiazole rings is 1. The maximum atomic E-state index is 12.5. The Labute approximate surface area is 146 Å². The first-order chi connectivity index (χ1) is 11.5. The van der Waals surface area contributed by atoms with Crippen LogP contribution in [0.3, 0.4) is 0 Å². The lowest BCUT2D eigenvalue weighted by atomic mass is 10.1. The van der Waals surface area contributed by atoms with Crippen molar-refractivity contribution in [3.8, 4) is 0 Å². The smallest absolute Gasteiger partial charge is 0.270 e. The van der Waals surface area contributed by atoms with E-state index in [0.717, 1.165) is 24.3 Å². The van der Waals surface area contributed by atoms with E-state index < -0.39 is 0 Å². The monoisotopic (exact) mass is 345 g/mol. The average Bonchev–Trinajstić information content (AvgIpc) is 3.07. The number of unbranched alkanes of at least 4 members (excludes halogenated alkanes) is 1. The first-order valence-corrected chi connectivity index (χ1v) is 8.94. The van der Waals surface area contributed by atoms with E-state index in [4.69, 9.17) is 0 Å². The maximum absolute atomic E-state index is 12.5. The molecule has 128 valence electrons. The van der Waals surface area contributed by atoms with Gasteiger partial charge in [-0.3, -0.25) is 9.59 Å². The molecule has 1 aromatic carbocycles. The molecule has 0 bridgehead atoms. The Hall–Kier alpha value is -2.21. The van der Waals surface area contributed by atoms with Gasteiger partial charge in [-0.2, -0.15) is 0 Å². The van der Waals surface area contributed by atoms with Crippen molar-refractivity contribution in [1.82, 2.24) is 15.2 Å². The standard InChI is InChI=1S/C18H23N3O2S/c1-4-5-6-13-7-9-14(10-8-13)18(23)21(3)11-16-20-15(12-24-16)17(22)19-2/h7-10,12H,4-6,11H2,1-3H3,(H,19,22). The minimum atomic E-state index is -0.214. The maximum Gasteiger partial charge on any atom is 0.270 e. The van der Waals surface area contributed by atoms with Gasteiger partial charge in [0.1, 0.15) is 10.7 Å². The van der Waals surface area contributed by atoms with E-state index in [1.54, 1.807) is 24.4 Å². The molecule has 1 aromatic heterocycles.